The van der Waals surface area contributed by atoms with Gasteiger partial charge in [0.05, 0.1) is 6.61 Å². The van der Waals surface area contributed by atoms with Gasteiger partial charge in [0, 0.05) is 51.4 Å². The van der Waals surface area contributed by atoms with Crippen molar-refractivity contribution in [2.24, 2.45) is 0 Å². The van der Waals surface area contributed by atoms with E-state index in [1.807, 2.05) is 0 Å². The molecule has 0 aromatic heterocycles. The van der Waals surface area contributed by atoms with E-state index in [9.17, 15) is 4.79 Å². The van der Waals surface area contributed by atoms with Gasteiger partial charge < -0.3 is 20.4 Å². The summed E-state index contributed by atoms with van der Waals surface area (Å²) in [7, 11) is 0. The summed E-state index contributed by atoms with van der Waals surface area (Å²) in [6, 6.07) is 0. The second-order valence-corrected chi connectivity index (χ2v) is 1.53. The second kappa shape index (κ2) is 6.68. The molecule has 0 spiro atoms. The van der Waals surface area contributed by atoms with Crippen LogP contribution in [0.1, 0.15) is 0 Å². The predicted molar refractivity (Wildman–Crippen MR) is 32.5 cm³/mol. The van der Waals surface area contributed by atoms with Crippen LogP contribution in [0.25, 0.3) is 0 Å². The zero-order valence-corrected chi connectivity index (χ0v) is 8.68. The van der Waals surface area contributed by atoms with Crippen molar-refractivity contribution in [3.05, 3.63) is 0 Å². The summed E-state index contributed by atoms with van der Waals surface area (Å²) in [6.07, 6.45) is -3.49. The number of hydrogen-bond donors (Lipinski definition) is 4. The van der Waals surface area contributed by atoms with Crippen molar-refractivity contribution in [2.75, 3.05) is 6.61 Å². The van der Waals surface area contributed by atoms with Crippen molar-refractivity contribution in [3.63, 3.8) is 0 Å². The van der Waals surface area contributed by atoms with Crippen molar-refractivity contribution < 1.29 is 25.2 Å². The molecule has 0 rings (SSSR count). The molecule has 0 amide bonds. The van der Waals surface area contributed by atoms with Crippen LogP contribution in [0.4, 0.5) is 0 Å². The number of aliphatic hydroxyl groups excluding tert-OH is 3. The molecular weight excluding hydrogens is 167 g/mol. The minimum Gasteiger partial charge on any atom is -0.479 e. The summed E-state index contributed by atoms with van der Waals surface area (Å²) in [5, 5.41) is 32.8. The molecule has 0 aromatic carbocycles. The summed E-state index contributed by atoms with van der Waals surface area (Å²) < 4.78 is 0. The summed E-state index contributed by atoms with van der Waals surface area (Å²) in [4.78, 5) is 9.78. The normalized spacial score (nSPS) is 15.1. The molecule has 0 aliphatic carbocycles. The predicted octanol–water partition coefficient (Wildman–Crippen LogP) is -2.60. The van der Waals surface area contributed by atoms with E-state index in [1.165, 1.54) is 0 Å². The standard InChI is InChI=1S/C4H8O5.K/c5-1-2(6)3(7)4(8)9;/h2-3,5-7H,1H2,(H,8,9);/t2-,3+;/m0./s1. The van der Waals surface area contributed by atoms with Crippen molar-refractivity contribution in [3.8, 4) is 0 Å². The molecule has 0 bridgehead atoms. The molecule has 4 N–H and O–H groups in total. The molecule has 0 unspecified atom stereocenters. The van der Waals surface area contributed by atoms with Gasteiger partial charge in [0.25, 0.3) is 0 Å². The molecule has 0 fully saturated rings. The van der Waals surface area contributed by atoms with E-state index in [0.717, 1.165) is 0 Å². The average Bonchev–Trinajstić information content (AvgIpc) is 1.84. The van der Waals surface area contributed by atoms with Crippen molar-refractivity contribution in [1.29, 1.82) is 0 Å². The third-order valence-corrected chi connectivity index (χ3v) is 0.805. The number of aliphatic carboxylic acids is 1. The van der Waals surface area contributed by atoms with E-state index in [-0.39, 0.29) is 51.4 Å². The van der Waals surface area contributed by atoms with Gasteiger partial charge in [-0.2, -0.15) is 0 Å². The minimum atomic E-state index is -1.89. The molecule has 10 heavy (non-hydrogen) atoms. The fourth-order valence-corrected chi connectivity index (χ4v) is 0.264. The van der Waals surface area contributed by atoms with Crippen LogP contribution in [-0.2, 0) is 4.79 Å². The first-order valence-electron chi connectivity index (χ1n) is 2.29. The van der Waals surface area contributed by atoms with Crippen molar-refractivity contribution >= 4 is 57.4 Å². The van der Waals surface area contributed by atoms with Gasteiger partial charge in [-0.05, 0) is 0 Å². The molecular formula is C4H8KO5. The summed E-state index contributed by atoms with van der Waals surface area (Å²) in [6.45, 7) is -0.756. The van der Waals surface area contributed by atoms with Crippen LogP contribution in [0.2, 0.25) is 0 Å². The molecule has 5 nitrogen and oxygen atoms in total. The van der Waals surface area contributed by atoms with E-state index in [4.69, 9.17) is 20.4 Å². The van der Waals surface area contributed by atoms with E-state index < -0.39 is 24.8 Å². The van der Waals surface area contributed by atoms with Crippen LogP contribution in [0.15, 0.2) is 0 Å². The number of aliphatic hydroxyl groups is 3. The van der Waals surface area contributed by atoms with Gasteiger partial charge in [-0.1, -0.05) is 0 Å². The summed E-state index contributed by atoms with van der Waals surface area (Å²) >= 11 is 0. The van der Waals surface area contributed by atoms with Crippen LogP contribution in [0.5, 0.6) is 0 Å². The largest absolute Gasteiger partial charge is 0.479 e. The van der Waals surface area contributed by atoms with Gasteiger partial charge in [-0.25, -0.2) is 4.79 Å². The molecule has 0 aromatic rings. The molecule has 0 saturated heterocycles. The van der Waals surface area contributed by atoms with Crippen LogP contribution < -0.4 is 0 Å². The molecule has 0 heterocycles. The number of rotatable bonds is 3. The van der Waals surface area contributed by atoms with Gasteiger partial charge in [0.1, 0.15) is 6.10 Å². The smallest absolute Gasteiger partial charge is 0.335 e. The molecule has 0 aliphatic rings. The fourth-order valence-electron chi connectivity index (χ4n) is 0.264. The molecule has 6 heteroatoms. The van der Waals surface area contributed by atoms with E-state index in [2.05, 4.69) is 0 Å². The fraction of sp³-hybridized carbons (Fsp3) is 0.750. The van der Waals surface area contributed by atoms with E-state index in [0.29, 0.717) is 0 Å². The Balaban J connectivity index is 0. The van der Waals surface area contributed by atoms with Gasteiger partial charge >= 0.3 is 5.97 Å². The Bertz CT molecular complexity index is 106. The number of carboxylic acid groups (broad SMARTS) is 1. The Morgan fingerprint density at radius 1 is 1.40 bits per heavy atom. The Hall–Kier alpha value is 0.986. The zero-order chi connectivity index (χ0) is 7.44. The second-order valence-electron chi connectivity index (χ2n) is 1.53. The molecule has 2 atom stereocenters. The number of carboxylic acids is 1. The van der Waals surface area contributed by atoms with Crippen molar-refractivity contribution in [2.45, 2.75) is 12.2 Å². The minimum absolute atomic E-state index is 0. The average molecular weight is 175 g/mol. The first kappa shape index (κ1) is 13.6. The van der Waals surface area contributed by atoms with Crippen LogP contribution in [0, 0.1) is 0 Å². The third-order valence-electron chi connectivity index (χ3n) is 0.805. The summed E-state index contributed by atoms with van der Waals surface area (Å²) in [5.74, 6) is -1.54. The van der Waals surface area contributed by atoms with Crippen LogP contribution >= 0.6 is 0 Å². The topological polar surface area (TPSA) is 98.0 Å². The molecule has 0 aliphatic heterocycles. The number of carbonyl (C=O) groups is 1. The van der Waals surface area contributed by atoms with Gasteiger partial charge in [0.2, 0.25) is 0 Å². The Kier molecular flexibility index (Phi) is 9.07. The first-order valence-corrected chi connectivity index (χ1v) is 2.29. The van der Waals surface area contributed by atoms with Crippen LogP contribution in [-0.4, -0.2) is 96.6 Å². The van der Waals surface area contributed by atoms with Gasteiger partial charge in [0.15, 0.2) is 6.10 Å². The van der Waals surface area contributed by atoms with E-state index >= 15 is 0 Å². The van der Waals surface area contributed by atoms with Crippen LogP contribution in [0.3, 0.4) is 0 Å². The Morgan fingerprint density at radius 2 is 1.80 bits per heavy atom. The third kappa shape index (κ3) is 4.75. The maximum Gasteiger partial charge on any atom is 0.335 e. The maximum atomic E-state index is 9.78. The van der Waals surface area contributed by atoms with Gasteiger partial charge in [-0.15, -0.1) is 0 Å². The Labute approximate surface area is 100 Å². The maximum absolute atomic E-state index is 9.78. The van der Waals surface area contributed by atoms with Gasteiger partial charge in [-0.3, -0.25) is 0 Å². The molecule has 55 valence electrons. The Morgan fingerprint density at radius 3 is 1.90 bits per heavy atom. The monoisotopic (exact) mass is 175 g/mol. The van der Waals surface area contributed by atoms with E-state index in [1.54, 1.807) is 0 Å². The number of hydrogen-bond acceptors (Lipinski definition) is 4. The van der Waals surface area contributed by atoms with Crippen molar-refractivity contribution in [1.82, 2.24) is 0 Å². The SMILES string of the molecule is O=C(O)[C@H](O)[C@@H](O)CO.[K]. The zero-order valence-electron chi connectivity index (χ0n) is 5.56. The molecule has 1 radical (unpaired) electrons. The first-order chi connectivity index (χ1) is 4.09. The molecule has 0 saturated carbocycles. The summed E-state index contributed by atoms with van der Waals surface area (Å²) in [5.41, 5.74) is 0. The quantitative estimate of drug-likeness (QED) is 0.353.